The molecule has 27 heavy (non-hydrogen) atoms. The standard InChI is InChI=1S/C19H31N5O3/c1-27-9-7-20-18(25)16-12-23-8-4-14(16)10-15(23)11-24-13-17(21-22-24)19(26)5-2-3-6-19/h13-16,26H,2-12H2,1H3,(H,20,25)/t14-,15+,16-/m0/s1. The first-order valence-electron chi connectivity index (χ1n) is 10.2. The Bertz CT molecular complexity index is 658. The third-order valence-corrected chi connectivity index (χ3v) is 6.66. The van der Waals surface area contributed by atoms with Crippen LogP contribution in [0.4, 0.5) is 0 Å². The number of nitrogens with one attached hydrogen (secondary N) is 1. The molecular formula is C19H31N5O3. The van der Waals surface area contributed by atoms with Gasteiger partial charge in [0.1, 0.15) is 11.3 Å². The van der Waals surface area contributed by atoms with Gasteiger partial charge in [-0.25, -0.2) is 0 Å². The highest BCUT2D eigenvalue weighted by atomic mass is 16.5. The van der Waals surface area contributed by atoms with Gasteiger partial charge in [-0.15, -0.1) is 5.10 Å². The lowest BCUT2D eigenvalue weighted by Crippen LogP contribution is -2.58. The number of nitrogens with zero attached hydrogens (tertiary/aromatic N) is 4. The molecule has 5 rings (SSSR count). The van der Waals surface area contributed by atoms with Gasteiger partial charge >= 0.3 is 0 Å². The van der Waals surface area contributed by atoms with E-state index in [-0.39, 0.29) is 11.8 Å². The van der Waals surface area contributed by atoms with E-state index in [1.165, 1.54) is 0 Å². The molecule has 4 atom stereocenters. The fourth-order valence-electron chi connectivity index (χ4n) is 5.07. The minimum Gasteiger partial charge on any atom is -0.383 e. The lowest BCUT2D eigenvalue weighted by atomic mass is 9.75. The van der Waals surface area contributed by atoms with Gasteiger partial charge in [0, 0.05) is 26.2 Å². The molecule has 0 spiro atoms. The van der Waals surface area contributed by atoms with Crippen molar-refractivity contribution >= 4 is 5.91 Å². The number of amides is 1. The zero-order valence-corrected chi connectivity index (χ0v) is 16.1. The summed E-state index contributed by atoms with van der Waals surface area (Å²) in [5.74, 6) is 0.675. The maximum absolute atomic E-state index is 12.5. The molecule has 8 nitrogen and oxygen atoms in total. The molecule has 150 valence electrons. The van der Waals surface area contributed by atoms with Crippen molar-refractivity contribution < 1.29 is 14.6 Å². The van der Waals surface area contributed by atoms with Crippen LogP contribution >= 0.6 is 0 Å². The molecule has 8 heteroatoms. The molecule has 1 saturated carbocycles. The van der Waals surface area contributed by atoms with Crippen LogP contribution in [0.2, 0.25) is 0 Å². The fraction of sp³-hybridized carbons (Fsp3) is 0.842. The van der Waals surface area contributed by atoms with E-state index in [2.05, 4.69) is 20.5 Å². The highest BCUT2D eigenvalue weighted by Crippen LogP contribution is 2.38. The lowest BCUT2D eigenvalue weighted by molar-refractivity contribution is -0.133. The summed E-state index contributed by atoms with van der Waals surface area (Å²) in [5, 5.41) is 22.2. The first-order chi connectivity index (χ1) is 13.1. The first kappa shape index (κ1) is 18.8. The van der Waals surface area contributed by atoms with Crippen LogP contribution in [-0.2, 0) is 21.7 Å². The van der Waals surface area contributed by atoms with Crippen molar-refractivity contribution in [2.75, 3.05) is 33.4 Å². The van der Waals surface area contributed by atoms with Crippen LogP contribution in [0.25, 0.3) is 0 Å². The van der Waals surface area contributed by atoms with Gasteiger partial charge in [0.15, 0.2) is 0 Å². The van der Waals surface area contributed by atoms with Crippen molar-refractivity contribution in [1.29, 1.82) is 0 Å². The molecule has 1 amide bonds. The van der Waals surface area contributed by atoms with Crippen LogP contribution in [0.15, 0.2) is 6.20 Å². The van der Waals surface area contributed by atoms with E-state index in [0.29, 0.717) is 30.8 Å². The van der Waals surface area contributed by atoms with E-state index in [0.717, 1.165) is 58.2 Å². The van der Waals surface area contributed by atoms with Crippen LogP contribution in [0.3, 0.4) is 0 Å². The molecule has 2 bridgehead atoms. The predicted molar refractivity (Wildman–Crippen MR) is 98.8 cm³/mol. The number of carbonyl (C=O) groups is 1. The summed E-state index contributed by atoms with van der Waals surface area (Å²) in [7, 11) is 1.64. The molecule has 4 aliphatic rings. The number of methoxy groups -OCH3 is 1. The summed E-state index contributed by atoms with van der Waals surface area (Å²) in [5.41, 5.74) is -0.0680. The van der Waals surface area contributed by atoms with Crippen LogP contribution in [0.1, 0.15) is 44.2 Å². The Kier molecular flexibility index (Phi) is 5.48. The van der Waals surface area contributed by atoms with Crippen molar-refractivity contribution in [2.24, 2.45) is 11.8 Å². The van der Waals surface area contributed by atoms with E-state index in [1.807, 2.05) is 10.9 Å². The number of fused-ring (bicyclic) bond motifs is 3. The van der Waals surface area contributed by atoms with Crippen LogP contribution in [-0.4, -0.2) is 70.3 Å². The van der Waals surface area contributed by atoms with E-state index in [4.69, 9.17) is 4.74 Å². The lowest BCUT2D eigenvalue weighted by Gasteiger charge is -2.49. The van der Waals surface area contributed by atoms with Gasteiger partial charge in [0.05, 0.1) is 25.3 Å². The Hall–Kier alpha value is -1.51. The molecule has 3 saturated heterocycles. The molecule has 3 aliphatic heterocycles. The normalized spacial score (nSPS) is 31.9. The number of hydrogen-bond acceptors (Lipinski definition) is 6. The molecule has 4 fully saturated rings. The summed E-state index contributed by atoms with van der Waals surface area (Å²) in [4.78, 5) is 14.9. The van der Waals surface area contributed by atoms with Crippen LogP contribution < -0.4 is 5.32 Å². The number of hydrogen-bond donors (Lipinski definition) is 2. The molecule has 0 aromatic carbocycles. The number of carbonyl (C=O) groups excluding carboxylic acids is 1. The summed E-state index contributed by atoms with van der Waals surface area (Å²) < 4.78 is 6.89. The molecule has 1 aromatic rings. The number of aromatic nitrogens is 3. The topological polar surface area (TPSA) is 92.5 Å². The third-order valence-electron chi connectivity index (χ3n) is 6.66. The van der Waals surface area contributed by atoms with Crippen molar-refractivity contribution in [2.45, 2.75) is 56.7 Å². The van der Waals surface area contributed by atoms with E-state index in [1.54, 1.807) is 7.11 Å². The fourth-order valence-corrected chi connectivity index (χ4v) is 5.07. The second-order valence-electron chi connectivity index (χ2n) is 8.39. The molecule has 1 aliphatic carbocycles. The second kappa shape index (κ2) is 7.85. The maximum atomic E-state index is 12.5. The minimum atomic E-state index is -0.782. The van der Waals surface area contributed by atoms with Crippen molar-refractivity contribution in [1.82, 2.24) is 25.2 Å². The van der Waals surface area contributed by atoms with Gasteiger partial charge in [-0.2, -0.15) is 0 Å². The first-order valence-corrected chi connectivity index (χ1v) is 10.2. The smallest absolute Gasteiger partial charge is 0.224 e. The molecule has 1 aromatic heterocycles. The van der Waals surface area contributed by atoms with Gasteiger partial charge in [0.25, 0.3) is 0 Å². The van der Waals surface area contributed by atoms with Gasteiger partial charge in [-0.1, -0.05) is 18.1 Å². The van der Waals surface area contributed by atoms with E-state index in [9.17, 15) is 9.90 Å². The quantitative estimate of drug-likeness (QED) is 0.673. The minimum absolute atomic E-state index is 0.0809. The highest BCUT2D eigenvalue weighted by molar-refractivity contribution is 5.79. The highest BCUT2D eigenvalue weighted by Gasteiger charge is 2.43. The van der Waals surface area contributed by atoms with Crippen molar-refractivity contribution in [3.05, 3.63) is 11.9 Å². The van der Waals surface area contributed by atoms with Gasteiger partial charge in [0.2, 0.25) is 5.91 Å². The Morgan fingerprint density at radius 1 is 1.44 bits per heavy atom. The summed E-state index contributed by atoms with van der Waals surface area (Å²) in [6.45, 7) is 3.77. The predicted octanol–water partition coefficient (Wildman–Crippen LogP) is 0.513. The Labute approximate surface area is 160 Å². The van der Waals surface area contributed by atoms with Crippen LogP contribution in [0.5, 0.6) is 0 Å². The Morgan fingerprint density at radius 3 is 2.96 bits per heavy atom. The van der Waals surface area contributed by atoms with Gasteiger partial charge in [-0.05, 0) is 38.1 Å². The summed E-state index contributed by atoms with van der Waals surface area (Å²) in [6.07, 6.45) is 7.68. The number of ether oxygens (including phenoxy) is 1. The number of piperidine rings is 3. The largest absolute Gasteiger partial charge is 0.383 e. The number of aliphatic hydroxyl groups is 1. The maximum Gasteiger partial charge on any atom is 0.224 e. The zero-order chi connectivity index (χ0) is 18.9. The van der Waals surface area contributed by atoms with Crippen LogP contribution in [0, 0.1) is 11.8 Å². The molecule has 4 heterocycles. The molecule has 0 radical (unpaired) electrons. The summed E-state index contributed by atoms with van der Waals surface area (Å²) >= 11 is 0. The average Bonchev–Trinajstić information content (AvgIpc) is 3.32. The zero-order valence-electron chi connectivity index (χ0n) is 16.1. The third kappa shape index (κ3) is 3.88. The molecular weight excluding hydrogens is 346 g/mol. The Balaban J connectivity index is 1.34. The van der Waals surface area contributed by atoms with Gasteiger partial charge in [-0.3, -0.25) is 14.4 Å². The number of rotatable bonds is 7. The monoisotopic (exact) mass is 377 g/mol. The van der Waals surface area contributed by atoms with Gasteiger partial charge < -0.3 is 15.2 Å². The molecule has 1 unspecified atom stereocenters. The van der Waals surface area contributed by atoms with Crippen molar-refractivity contribution in [3.8, 4) is 0 Å². The van der Waals surface area contributed by atoms with E-state index >= 15 is 0 Å². The summed E-state index contributed by atoms with van der Waals surface area (Å²) in [6, 6.07) is 0.388. The Morgan fingerprint density at radius 2 is 2.26 bits per heavy atom. The SMILES string of the molecule is COCCNC(=O)[C@H]1CN2CC[C@H]1C[C@@H]2Cn1cc(C2(O)CCCC2)nn1. The second-order valence-corrected chi connectivity index (χ2v) is 8.39. The van der Waals surface area contributed by atoms with E-state index < -0.39 is 5.60 Å². The van der Waals surface area contributed by atoms with Crippen molar-refractivity contribution in [3.63, 3.8) is 0 Å². The average molecular weight is 377 g/mol. The molecule has 2 N–H and O–H groups in total.